The van der Waals surface area contributed by atoms with Crippen molar-refractivity contribution >= 4 is 22.9 Å². The number of carbonyl (C=O) groups excluding carboxylic acids is 1. The Morgan fingerprint density at radius 3 is 2.33 bits per heavy atom. The van der Waals surface area contributed by atoms with Gasteiger partial charge in [0.05, 0.1) is 7.11 Å². The predicted molar refractivity (Wildman–Crippen MR) is 87.4 cm³/mol. The first-order chi connectivity index (χ1) is 11.2. The number of methoxy groups -OCH3 is 1. The maximum Gasteiger partial charge on any atom is 0.332 e. The van der Waals surface area contributed by atoms with Gasteiger partial charge in [-0.05, 0) is 20.8 Å². The minimum Gasteiger partial charge on any atom is -0.467 e. The zero-order valence-electron chi connectivity index (χ0n) is 14.4. The molecule has 3 aromatic heterocycles. The van der Waals surface area contributed by atoms with E-state index in [4.69, 9.17) is 4.74 Å². The van der Waals surface area contributed by atoms with Gasteiger partial charge >= 0.3 is 11.7 Å². The van der Waals surface area contributed by atoms with Gasteiger partial charge in [-0.25, -0.2) is 9.59 Å². The van der Waals surface area contributed by atoms with Gasteiger partial charge in [-0.2, -0.15) is 4.98 Å². The number of imidazole rings is 2. The number of rotatable bonds is 2. The summed E-state index contributed by atoms with van der Waals surface area (Å²) in [4.78, 5) is 41.2. The lowest BCUT2D eigenvalue weighted by Gasteiger charge is -2.13. The maximum atomic E-state index is 12.6. The standard InChI is InChI=1S/C15H19N5O4/c1-7-8(2)20-10-11(17(4)15(23)18(5)12(10)21)16-14(20)19(7)9(3)13(22)24-6/h9H,1-6H3/t9-/m1/s1. The second-order valence-electron chi connectivity index (χ2n) is 5.87. The van der Waals surface area contributed by atoms with Crippen LogP contribution in [0.25, 0.3) is 16.9 Å². The Morgan fingerprint density at radius 2 is 1.75 bits per heavy atom. The van der Waals surface area contributed by atoms with Gasteiger partial charge in [0.2, 0.25) is 5.78 Å². The third kappa shape index (κ3) is 1.81. The van der Waals surface area contributed by atoms with Crippen molar-refractivity contribution in [3.05, 3.63) is 32.2 Å². The molecule has 24 heavy (non-hydrogen) atoms. The fraction of sp³-hybridized carbons (Fsp3) is 0.467. The van der Waals surface area contributed by atoms with Crippen LogP contribution in [0.15, 0.2) is 9.59 Å². The van der Waals surface area contributed by atoms with Crippen molar-refractivity contribution in [2.75, 3.05) is 7.11 Å². The molecular weight excluding hydrogens is 314 g/mol. The molecule has 0 bridgehead atoms. The Kier molecular flexibility index (Phi) is 3.40. The summed E-state index contributed by atoms with van der Waals surface area (Å²) in [5.74, 6) is 0.0145. The lowest BCUT2D eigenvalue weighted by molar-refractivity contribution is -0.143. The summed E-state index contributed by atoms with van der Waals surface area (Å²) in [6.07, 6.45) is 0. The minimum absolute atomic E-state index is 0.284. The van der Waals surface area contributed by atoms with Gasteiger partial charge in [0.1, 0.15) is 6.04 Å². The highest BCUT2D eigenvalue weighted by Crippen LogP contribution is 2.24. The first kappa shape index (κ1) is 16.0. The molecule has 0 radical (unpaired) electrons. The summed E-state index contributed by atoms with van der Waals surface area (Å²) < 4.78 is 10.6. The Morgan fingerprint density at radius 1 is 1.12 bits per heavy atom. The van der Waals surface area contributed by atoms with Crippen molar-refractivity contribution in [2.45, 2.75) is 26.8 Å². The first-order valence-corrected chi connectivity index (χ1v) is 7.45. The van der Waals surface area contributed by atoms with E-state index in [2.05, 4.69) is 4.98 Å². The number of nitrogens with zero attached hydrogens (tertiary/aromatic N) is 5. The lowest BCUT2D eigenvalue weighted by Crippen LogP contribution is -2.37. The third-order valence-corrected chi connectivity index (χ3v) is 4.61. The summed E-state index contributed by atoms with van der Waals surface area (Å²) in [6.45, 7) is 5.39. The number of aryl methyl sites for hydroxylation is 2. The number of carbonyl (C=O) groups is 1. The van der Waals surface area contributed by atoms with Crippen LogP contribution in [0.3, 0.4) is 0 Å². The molecule has 0 N–H and O–H groups in total. The van der Waals surface area contributed by atoms with Crippen LogP contribution in [0, 0.1) is 13.8 Å². The number of aromatic nitrogens is 5. The number of hydrogen-bond acceptors (Lipinski definition) is 5. The molecule has 1 atom stereocenters. The van der Waals surface area contributed by atoms with Gasteiger partial charge in [-0.1, -0.05) is 0 Å². The van der Waals surface area contributed by atoms with E-state index < -0.39 is 23.3 Å². The molecule has 3 aromatic rings. The van der Waals surface area contributed by atoms with E-state index in [1.807, 2.05) is 13.8 Å². The second-order valence-corrected chi connectivity index (χ2v) is 5.87. The molecule has 3 heterocycles. The van der Waals surface area contributed by atoms with Crippen molar-refractivity contribution in [1.29, 1.82) is 0 Å². The molecular formula is C15H19N5O4. The molecule has 0 aliphatic carbocycles. The van der Waals surface area contributed by atoms with Crippen molar-refractivity contribution in [2.24, 2.45) is 14.1 Å². The normalized spacial score (nSPS) is 12.9. The summed E-state index contributed by atoms with van der Waals surface area (Å²) >= 11 is 0. The molecule has 9 nitrogen and oxygen atoms in total. The fourth-order valence-electron chi connectivity index (χ4n) is 3.09. The largest absolute Gasteiger partial charge is 0.467 e. The minimum atomic E-state index is -0.608. The molecule has 0 saturated carbocycles. The molecule has 128 valence electrons. The molecule has 9 heteroatoms. The number of fused-ring (bicyclic) bond motifs is 3. The summed E-state index contributed by atoms with van der Waals surface area (Å²) in [6, 6.07) is -0.608. The van der Waals surface area contributed by atoms with Gasteiger partial charge in [-0.3, -0.25) is 22.9 Å². The third-order valence-electron chi connectivity index (χ3n) is 4.61. The number of esters is 1. The zero-order chi connectivity index (χ0) is 17.9. The van der Waals surface area contributed by atoms with Crippen molar-refractivity contribution in [3.63, 3.8) is 0 Å². The highest BCUT2D eigenvalue weighted by molar-refractivity contribution is 5.79. The van der Waals surface area contributed by atoms with Crippen LogP contribution in [-0.2, 0) is 23.6 Å². The molecule has 3 rings (SSSR count). The Hall–Kier alpha value is -2.84. The van der Waals surface area contributed by atoms with Gasteiger partial charge in [-0.15, -0.1) is 0 Å². The van der Waals surface area contributed by atoms with Crippen molar-refractivity contribution in [3.8, 4) is 0 Å². The summed E-state index contributed by atoms with van der Waals surface area (Å²) in [7, 11) is 4.32. The molecule has 0 fully saturated rings. The smallest absolute Gasteiger partial charge is 0.332 e. The van der Waals surface area contributed by atoms with Crippen LogP contribution in [0.5, 0.6) is 0 Å². The second kappa shape index (κ2) is 5.08. The maximum absolute atomic E-state index is 12.6. The number of hydrogen-bond donors (Lipinski definition) is 0. The van der Waals surface area contributed by atoms with E-state index in [9.17, 15) is 14.4 Å². The van der Waals surface area contributed by atoms with Gasteiger partial charge in [0, 0.05) is 25.5 Å². The molecule has 0 spiro atoms. The van der Waals surface area contributed by atoms with E-state index >= 15 is 0 Å². The van der Waals surface area contributed by atoms with E-state index in [0.29, 0.717) is 11.3 Å². The van der Waals surface area contributed by atoms with Gasteiger partial charge in [0.25, 0.3) is 5.56 Å². The van der Waals surface area contributed by atoms with Crippen molar-refractivity contribution < 1.29 is 9.53 Å². The predicted octanol–water partition coefficient (Wildman–Crippen LogP) is 0.0372. The quantitative estimate of drug-likeness (QED) is 0.617. The van der Waals surface area contributed by atoms with Crippen LogP contribution < -0.4 is 11.2 Å². The summed E-state index contributed by atoms with van der Waals surface area (Å²) in [5.41, 5.74) is 1.30. The molecule has 0 saturated heterocycles. The van der Waals surface area contributed by atoms with E-state index in [-0.39, 0.29) is 5.65 Å². The van der Waals surface area contributed by atoms with Crippen LogP contribution in [0.2, 0.25) is 0 Å². The zero-order valence-corrected chi connectivity index (χ0v) is 14.4. The van der Waals surface area contributed by atoms with E-state index in [1.165, 1.54) is 18.7 Å². The number of ether oxygens (including phenoxy) is 1. The SMILES string of the molecule is COC(=O)[C@@H](C)n1c(C)c(C)n2c3c(=O)n(C)c(=O)n(C)c3nc12. The van der Waals surface area contributed by atoms with Gasteiger partial charge < -0.3 is 4.74 Å². The van der Waals surface area contributed by atoms with Crippen LogP contribution in [0.4, 0.5) is 0 Å². The molecule has 0 aliphatic rings. The van der Waals surface area contributed by atoms with E-state index in [1.54, 1.807) is 22.9 Å². The van der Waals surface area contributed by atoms with Crippen LogP contribution in [-0.4, -0.2) is 36.2 Å². The average molecular weight is 333 g/mol. The van der Waals surface area contributed by atoms with Gasteiger partial charge in [0.15, 0.2) is 11.2 Å². The Labute approximate surface area is 136 Å². The first-order valence-electron chi connectivity index (χ1n) is 7.45. The molecule has 0 aromatic carbocycles. The van der Waals surface area contributed by atoms with E-state index in [0.717, 1.165) is 16.0 Å². The Bertz CT molecular complexity index is 1110. The topological polar surface area (TPSA) is 92.5 Å². The molecule has 0 amide bonds. The Balaban J connectivity index is 2.56. The van der Waals surface area contributed by atoms with Crippen molar-refractivity contribution in [1.82, 2.24) is 23.1 Å². The molecule has 0 unspecified atom stereocenters. The monoisotopic (exact) mass is 333 g/mol. The highest BCUT2D eigenvalue weighted by atomic mass is 16.5. The fourth-order valence-corrected chi connectivity index (χ4v) is 3.09. The van der Waals surface area contributed by atoms with Crippen LogP contribution in [0.1, 0.15) is 24.4 Å². The summed E-state index contributed by atoms with van der Waals surface area (Å²) in [5, 5.41) is 0. The van der Waals surface area contributed by atoms with Crippen LogP contribution >= 0.6 is 0 Å². The molecule has 0 aliphatic heterocycles. The average Bonchev–Trinajstić information content (AvgIpc) is 3.06. The highest BCUT2D eigenvalue weighted by Gasteiger charge is 2.26. The lowest BCUT2D eigenvalue weighted by atomic mass is 10.3.